The highest BCUT2D eigenvalue weighted by Gasteiger charge is 2.53. The maximum atomic E-state index is 13.2. The van der Waals surface area contributed by atoms with Gasteiger partial charge in [0.1, 0.15) is 11.5 Å². The van der Waals surface area contributed by atoms with Crippen molar-refractivity contribution >= 4 is 119 Å². The molecule has 0 amide bonds. The second kappa shape index (κ2) is 29.3. The molecule has 5 nitrogen and oxygen atoms in total. The SMILES string of the molecule is [2H]c1c([2H])c([2H])c(-c2c([2H])c([2H])c3c(c2[2H])B2c4c([2H])c([2H])c(-n5c6c([2H])c([2H])c([2H])c([2H])c6c6c([2H])c([2H])c([2H])c([2H])c65)c([2H])c4N(c4c(-c5ccccc5)cc(C(C)(C)C)cc4-c4ccccc4)c4c([2H])c5c(c(c42)O3)B2c3c(cc(C(C)(C)C)cc3N5c3c(-c4ccccc4)cc(C(C)(C)C)cc3-c3ccccc3)N(c3ccc(C(C)(C)C)cc3-c3ccccc3)c3c([2H])c(-c4c([2H])c([2H])c([2H])c([2H])c4[2H])c([2H])c([2H])c32)c([2H])c1[2H]. The van der Waals surface area contributed by atoms with Gasteiger partial charge in [-0.1, -0.05) is 368 Å². The minimum Gasteiger partial charge on any atom is -0.459 e. The lowest BCUT2D eigenvalue weighted by Crippen LogP contribution is -2.65. The van der Waals surface area contributed by atoms with Crippen molar-refractivity contribution in [2.75, 3.05) is 14.7 Å². The van der Waals surface area contributed by atoms with Gasteiger partial charge in [0.15, 0.2) is 0 Å². The molecule has 18 aromatic rings. The van der Waals surface area contributed by atoms with Crippen LogP contribution >= 0.6 is 0 Å². The maximum Gasteiger partial charge on any atom is 0.256 e. The number of aromatic nitrogens is 1. The van der Waals surface area contributed by atoms with E-state index in [4.69, 9.17) is 7.48 Å². The Labute approximate surface area is 775 Å². The summed E-state index contributed by atoms with van der Waals surface area (Å²) in [5.41, 5.74) is 0.0391. The molecule has 0 saturated heterocycles. The molecule has 0 bridgehead atoms. The number of nitrogens with zero attached hydrogens (tertiary/aromatic N) is 4. The lowest BCUT2D eigenvalue weighted by Gasteiger charge is -2.49. The number of rotatable bonds is 11. The van der Waals surface area contributed by atoms with E-state index >= 15 is 0 Å². The molecule has 0 atom stereocenters. The van der Waals surface area contributed by atoms with Crippen molar-refractivity contribution in [1.29, 1.82) is 0 Å². The molecule has 0 unspecified atom stereocenters. The zero-order valence-corrected chi connectivity index (χ0v) is 71.0. The molecule has 22 rings (SSSR count). The van der Waals surface area contributed by atoms with Crippen molar-refractivity contribution < 1.29 is 43.1 Å². The highest BCUT2D eigenvalue weighted by molar-refractivity contribution is 7.03. The Balaban J connectivity index is 1.06. The van der Waals surface area contributed by atoms with Gasteiger partial charge in [-0.2, -0.15) is 0 Å². The summed E-state index contributed by atoms with van der Waals surface area (Å²) < 4.78 is 298. The molecule has 4 aliphatic rings. The van der Waals surface area contributed by atoms with Crippen molar-refractivity contribution in [3.8, 4) is 95.1 Å². The number of ether oxygens (including phenoxy) is 1. The van der Waals surface area contributed by atoms with E-state index in [-0.39, 0.29) is 61.7 Å². The molecule has 0 fully saturated rings. The Morgan fingerprint density at radius 1 is 0.264 bits per heavy atom. The van der Waals surface area contributed by atoms with Crippen molar-refractivity contribution in [3.05, 3.63) is 398 Å². The van der Waals surface area contributed by atoms with Gasteiger partial charge in [0.25, 0.3) is 13.4 Å². The van der Waals surface area contributed by atoms with E-state index in [9.17, 15) is 35.6 Å². The van der Waals surface area contributed by atoms with Crippen molar-refractivity contribution in [3.63, 3.8) is 0 Å². The van der Waals surface area contributed by atoms with E-state index < -0.39 is 276 Å². The second-order valence-electron chi connectivity index (χ2n) is 36.6. The molecule has 4 aliphatic heterocycles. The second-order valence-corrected chi connectivity index (χ2v) is 36.6. The van der Waals surface area contributed by atoms with Gasteiger partial charge in [-0.15, -0.1) is 0 Å². The lowest BCUT2D eigenvalue weighted by molar-refractivity contribution is 0.491. The molecule has 125 heavy (non-hydrogen) atoms. The number of hydrogen-bond donors (Lipinski definition) is 0. The number of benzene rings is 17. The van der Waals surface area contributed by atoms with Crippen molar-refractivity contribution in [2.24, 2.45) is 0 Å². The van der Waals surface area contributed by atoms with Crippen molar-refractivity contribution in [2.45, 2.75) is 105 Å². The Bertz CT molecular complexity index is 8910. The van der Waals surface area contributed by atoms with Crippen LogP contribution in [0.25, 0.3) is 105 Å². The summed E-state index contributed by atoms with van der Waals surface area (Å²) in [7, 11) is 0. The van der Waals surface area contributed by atoms with Crippen molar-refractivity contribution in [1.82, 2.24) is 4.57 Å². The predicted octanol–water partition coefficient (Wildman–Crippen LogP) is 28.1. The number of para-hydroxylation sites is 2. The van der Waals surface area contributed by atoms with Crippen LogP contribution < -0.4 is 52.2 Å². The Morgan fingerprint density at radius 2 is 0.648 bits per heavy atom. The number of fused-ring (bicyclic) bond motifs is 12. The van der Waals surface area contributed by atoms with Crippen LogP contribution in [0, 0.1) is 0 Å². The molecular weight excluding hydrogens is 1510 g/mol. The fraction of sp³-hybridized carbons (Fsp3) is 0.136. The normalized spacial score (nSPS) is 16.4. The first-order valence-electron chi connectivity index (χ1n) is 56.1. The third kappa shape index (κ3) is 12.8. The quantitative estimate of drug-likeness (QED) is 0.120. The average molecular weight is 1640 g/mol. The molecule has 0 saturated carbocycles. The zero-order chi connectivity index (χ0) is 109. The molecule has 0 radical (unpaired) electrons. The van der Waals surface area contributed by atoms with Crippen LogP contribution in [-0.4, -0.2) is 18.0 Å². The van der Waals surface area contributed by atoms with Gasteiger partial charge in [0.2, 0.25) is 0 Å². The molecule has 17 aromatic carbocycles. The van der Waals surface area contributed by atoms with Crippen LogP contribution in [0.5, 0.6) is 11.5 Å². The van der Waals surface area contributed by atoms with Gasteiger partial charge < -0.3 is 24.0 Å². The van der Waals surface area contributed by atoms with E-state index in [1.807, 2.05) is 239 Å². The molecule has 5 heterocycles. The summed E-state index contributed by atoms with van der Waals surface area (Å²) in [6.45, 7) is 20.7. The molecule has 0 aliphatic carbocycles. The van der Waals surface area contributed by atoms with E-state index in [0.717, 1.165) is 21.3 Å². The van der Waals surface area contributed by atoms with Gasteiger partial charge in [-0.05, 0) is 218 Å². The first-order valence-corrected chi connectivity index (χ1v) is 42.1. The summed E-state index contributed by atoms with van der Waals surface area (Å²) in [6.07, 6.45) is 0. The summed E-state index contributed by atoms with van der Waals surface area (Å²) in [6, 6.07) is 42.1. The largest absolute Gasteiger partial charge is 0.459 e. The molecular formula is C118H98B2N4O. The fourth-order valence-corrected chi connectivity index (χ4v) is 18.4. The number of hydrogen-bond acceptors (Lipinski definition) is 4. The fourth-order valence-electron chi connectivity index (χ4n) is 18.4. The molecule has 1 aromatic heterocycles. The van der Waals surface area contributed by atoms with Gasteiger partial charge in [-0.3, -0.25) is 0 Å². The van der Waals surface area contributed by atoms with Crippen LogP contribution in [0.4, 0.5) is 51.2 Å². The van der Waals surface area contributed by atoms with E-state index in [0.29, 0.717) is 72.6 Å². The van der Waals surface area contributed by atoms with Crippen LogP contribution in [0.1, 0.15) is 144 Å². The summed E-state index contributed by atoms with van der Waals surface area (Å²) >= 11 is 0. The summed E-state index contributed by atoms with van der Waals surface area (Å²) in [5.74, 6) is -1.05. The van der Waals surface area contributed by atoms with Gasteiger partial charge in [0.05, 0.1) is 66.5 Å². The Kier molecular flexibility index (Phi) is 12.3. The third-order valence-corrected chi connectivity index (χ3v) is 24.7. The molecule has 7 heteroatoms. The molecule has 0 spiro atoms. The van der Waals surface area contributed by atoms with Gasteiger partial charge in [0, 0.05) is 78.4 Å². The Hall–Kier alpha value is -14.1. The highest BCUT2D eigenvalue weighted by atomic mass is 16.5. The van der Waals surface area contributed by atoms with Crippen LogP contribution in [-0.2, 0) is 21.7 Å². The summed E-state index contributed by atoms with van der Waals surface area (Å²) in [5, 5.41) is -0.922. The monoisotopic (exact) mass is 1640 g/mol. The number of anilines is 9. The average Bonchev–Trinajstić information content (AvgIpc) is 1.31. The predicted molar refractivity (Wildman–Crippen MR) is 534 cm³/mol. The minimum absolute atomic E-state index is 0.110. The third-order valence-electron chi connectivity index (χ3n) is 24.7. The van der Waals surface area contributed by atoms with Crippen LogP contribution in [0.2, 0.25) is 0 Å². The Morgan fingerprint density at radius 3 is 1.13 bits per heavy atom. The van der Waals surface area contributed by atoms with E-state index in [1.165, 1.54) is 0 Å². The topological polar surface area (TPSA) is 23.9 Å². The van der Waals surface area contributed by atoms with E-state index in [2.05, 4.69) is 59.7 Å². The summed E-state index contributed by atoms with van der Waals surface area (Å²) in [4.78, 5) is 5.44. The zero-order valence-electron chi connectivity index (χ0n) is 99.0. The maximum absolute atomic E-state index is 13.2. The van der Waals surface area contributed by atoms with Gasteiger partial charge in [-0.25, -0.2) is 0 Å². The first kappa shape index (κ1) is 52.4. The van der Waals surface area contributed by atoms with Gasteiger partial charge >= 0.3 is 0 Å². The lowest BCUT2D eigenvalue weighted by atomic mass is 9.30. The molecule has 0 N–H and O–H groups in total. The van der Waals surface area contributed by atoms with Crippen LogP contribution in [0.15, 0.2) is 375 Å². The van der Waals surface area contributed by atoms with Crippen LogP contribution in [0.3, 0.4) is 0 Å². The smallest absolute Gasteiger partial charge is 0.256 e. The highest BCUT2D eigenvalue weighted by Crippen LogP contribution is 2.58. The standard InChI is InChI=1S/C118H98B2N4O/c1-115(2,3)84-58-62-101(91(66-84)77-42-24-15-25-43-77)122-102-65-83(76-40-22-14-23-41-76)56-60-97(102)120-109-104(122)71-87(118(10,11)12)72-105(109)124(113-94(80-48-30-18-31-49-80)69-86(117(7,8)9)70-95(113)81-50-32-19-33-51-81)107-74-106-110-114(111(107)120)125-108-63-57-82(75-38-20-13-21-39-75)64-98(108)119(110)96-61-59-88(121-99-54-36-34-52-89(99)90-53-35-37-55-100(90)121)73-103(96)123(106)112-92(78-44-26-16-27-45-78)67-85(116(4,5)6)68-93(112)79-46-28-17-29-47-79/h13-74H,1-12H3/i13D,14D,20D,21D,22D,23D,34D,35D,36D,37D,38D,39D,40D,41D,52D,53D,54D,55D,56D,57D,59D,60D,61D,63D,64D,65D,73D,74D. The minimum atomic E-state index is -2.13. The first-order chi connectivity index (χ1) is 72.3. The van der Waals surface area contributed by atoms with E-state index in [1.54, 1.807) is 4.90 Å². The molecule has 602 valence electrons.